The lowest BCUT2D eigenvalue weighted by molar-refractivity contribution is 0.102. The van der Waals surface area contributed by atoms with Crippen LogP contribution < -0.4 is 15.5 Å². The van der Waals surface area contributed by atoms with Crippen molar-refractivity contribution >= 4 is 46.4 Å². The van der Waals surface area contributed by atoms with Gasteiger partial charge in [0.25, 0.3) is 5.91 Å². The lowest BCUT2D eigenvalue weighted by Crippen LogP contribution is -2.54. The fourth-order valence-corrected chi connectivity index (χ4v) is 4.33. The van der Waals surface area contributed by atoms with Gasteiger partial charge >= 0.3 is 0 Å². The summed E-state index contributed by atoms with van der Waals surface area (Å²) in [6, 6.07) is 5.57. The van der Waals surface area contributed by atoms with E-state index in [1.54, 1.807) is 29.8 Å². The maximum absolute atomic E-state index is 14.4. The number of aromatic amines is 1. The molecule has 3 N–H and O–H groups in total. The van der Waals surface area contributed by atoms with Crippen molar-refractivity contribution in [2.45, 2.75) is 32.9 Å². The number of hydrogen-bond acceptors (Lipinski definition) is 6. The Morgan fingerprint density at radius 1 is 1.16 bits per heavy atom. The Hall–Kier alpha value is -3.24. The van der Waals surface area contributed by atoms with Gasteiger partial charge in [0.15, 0.2) is 11.5 Å². The third-order valence-electron chi connectivity index (χ3n) is 5.48. The number of nitrogens with zero attached hydrogens (tertiary/aromatic N) is 5. The number of nitrogens with one attached hydrogen (secondary N) is 3. The van der Waals surface area contributed by atoms with E-state index in [1.807, 2.05) is 6.07 Å². The highest BCUT2D eigenvalue weighted by Gasteiger charge is 2.25. The Morgan fingerprint density at radius 2 is 1.88 bits per heavy atom. The highest BCUT2D eigenvalue weighted by Crippen LogP contribution is 2.28. The van der Waals surface area contributed by atoms with E-state index >= 15 is 0 Å². The highest BCUT2D eigenvalue weighted by molar-refractivity contribution is 6.13. The molecule has 1 saturated heterocycles. The number of H-pyrrole nitrogens is 1. The molecule has 3 aromatic heterocycles. The molecule has 2 atom stereocenters. The summed E-state index contributed by atoms with van der Waals surface area (Å²) >= 11 is 0. The van der Waals surface area contributed by atoms with E-state index in [4.69, 9.17) is 0 Å². The van der Waals surface area contributed by atoms with Crippen LogP contribution in [0.5, 0.6) is 0 Å². The average Bonchev–Trinajstić information content (AvgIpc) is 3.33. The van der Waals surface area contributed by atoms with Gasteiger partial charge in [-0.1, -0.05) is 0 Å². The molecule has 0 unspecified atom stereocenters. The van der Waals surface area contributed by atoms with Crippen molar-refractivity contribution in [1.29, 1.82) is 0 Å². The number of piperazine rings is 1. The summed E-state index contributed by atoms with van der Waals surface area (Å²) in [7, 11) is 0. The molecule has 0 radical (unpaired) electrons. The minimum absolute atomic E-state index is 0. The lowest BCUT2D eigenvalue weighted by atomic mass is 10.1. The number of hydrogen-bond donors (Lipinski definition) is 3. The molecule has 0 aliphatic carbocycles. The van der Waals surface area contributed by atoms with Crippen LogP contribution >= 0.6 is 12.4 Å². The monoisotopic (exact) mass is 458 g/mol. The fraction of sp³-hybridized carbons (Fsp3) is 0.333. The van der Waals surface area contributed by atoms with E-state index in [1.165, 1.54) is 6.07 Å². The van der Waals surface area contributed by atoms with Crippen molar-refractivity contribution in [3.63, 3.8) is 0 Å². The Labute approximate surface area is 189 Å². The number of imidazole rings is 1. The average molecular weight is 459 g/mol. The first kappa shape index (κ1) is 22.0. The van der Waals surface area contributed by atoms with Crippen LogP contribution in [-0.4, -0.2) is 55.9 Å². The molecule has 5 rings (SSSR count). The molecule has 1 aromatic carbocycles. The summed E-state index contributed by atoms with van der Waals surface area (Å²) in [6.45, 7) is 7.74. The topological polar surface area (TPSA) is 103 Å². The van der Waals surface area contributed by atoms with Gasteiger partial charge in [0.2, 0.25) is 0 Å². The summed E-state index contributed by atoms with van der Waals surface area (Å²) in [6.07, 6.45) is 3.34. The minimum Gasteiger partial charge on any atom is -0.367 e. The molecule has 1 amide bonds. The van der Waals surface area contributed by atoms with Gasteiger partial charge < -0.3 is 19.9 Å². The number of pyridine rings is 1. The maximum Gasteiger partial charge on any atom is 0.258 e. The van der Waals surface area contributed by atoms with Crippen molar-refractivity contribution in [2.75, 3.05) is 23.3 Å². The first-order valence-electron chi connectivity index (χ1n) is 10.2. The predicted octanol–water partition coefficient (Wildman–Crippen LogP) is 2.91. The minimum atomic E-state index is -0.505. The Kier molecular flexibility index (Phi) is 5.74. The van der Waals surface area contributed by atoms with Crippen molar-refractivity contribution in [1.82, 2.24) is 30.1 Å². The standard InChI is InChI=1S/C21H23FN8O.ClH/c1-11-7-29(8-12(2)23-11)17-5-4-15(18-19(17)27-28-26-18)21(31)25-14-6-16(22)20-24-13(3)9-30(20)10-14;/h4-6,9-12,23H,7-8H2,1-3H3,(H,25,31)(H,26,27,28);1H/t11-,12+;. The number of aromatic nitrogens is 5. The van der Waals surface area contributed by atoms with Gasteiger partial charge in [0.05, 0.1) is 22.6 Å². The molecule has 1 fully saturated rings. The van der Waals surface area contributed by atoms with Crippen LogP contribution in [0.25, 0.3) is 16.7 Å². The zero-order chi connectivity index (χ0) is 21.7. The molecule has 1 aliphatic rings. The second-order valence-corrected chi connectivity index (χ2v) is 8.17. The van der Waals surface area contributed by atoms with Crippen LogP contribution in [0.1, 0.15) is 29.9 Å². The molecule has 1 aliphatic heterocycles. The van der Waals surface area contributed by atoms with E-state index in [9.17, 15) is 9.18 Å². The highest BCUT2D eigenvalue weighted by atomic mass is 35.5. The number of anilines is 2. The smallest absolute Gasteiger partial charge is 0.258 e. The first-order chi connectivity index (χ1) is 14.9. The van der Waals surface area contributed by atoms with E-state index in [-0.39, 0.29) is 24.0 Å². The predicted molar refractivity (Wildman–Crippen MR) is 123 cm³/mol. The summed E-state index contributed by atoms with van der Waals surface area (Å²) in [5, 5.41) is 17.4. The van der Waals surface area contributed by atoms with Crippen LogP contribution in [-0.2, 0) is 0 Å². The number of amides is 1. The summed E-state index contributed by atoms with van der Waals surface area (Å²) in [5.41, 5.74) is 3.66. The third-order valence-corrected chi connectivity index (χ3v) is 5.48. The normalized spacial score (nSPS) is 18.7. The lowest BCUT2D eigenvalue weighted by Gasteiger charge is -2.37. The van der Waals surface area contributed by atoms with E-state index in [0.29, 0.717) is 40.1 Å². The van der Waals surface area contributed by atoms with E-state index in [2.05, 4.69) is 49.8 Å². The zero-order valence-corrected chi connectivity index (χ0v) is 18.7. The summed E-state index contributed by atoms with van der Waals surface area (Å²) < 4.78 is 15.9. The molecule has 4 aromatic rings. The molecule has 9 nitrogen and oxygen atoms in total. The number of halogens is 2. The third kappa shape index (κ3) is 3.87. The zero-order valence-electron chi connectivity index (χ0n) is 17.9. The molecular weight excluding hydrogens is 435 g/mol. The number of benzene rings is 1. The largest absolute Gasteiger partial charge is 0.367 e. The SMILES string of the molecule is Cc1cn2cc(NC(=O)c3ccc(N4C[C@@H](C)N[C@@H](C)C4)c4n[nH]nc34)cc(F)c2n1.Cl. The second kappa shape index (κ2) is 8.36. The summed E-state index contributed by atoms with van der Waals surface area (Å²) in [5.74, 6) is -0.891. The van der Waals surface area contributed by atoms with Gasteiger partial charge in [-0.15, -0.1) is 12.4 Å². The van der Waals surface area contributed by atoms with Crippen molar-refractivity contribution in [3.8, 4) is 0 Å². The van der Waals surface area contributed by atoms with Crippen molar-refractivity contribution in [3.05, 3.63) is 47.7 Å². The molecule has 11 heteroatoms. The van der Waals surface area contributed by atoms with Crippen LogP contribution in [0.4, 0.5) is 15.8 Å². The van der Waals surface area contributed by atoms with Gasteiger partial charge in [-0.2, -0.15) is 15.4 Å². The number of aryl methyl sites for hydroxylation is 1. The van der Waals surface area contributed by atoms with Crippen LogP contribution in [0, 0.1) is 12.7 Å². The molecule has 0 bridgehead atoms. The first-order valence-corrected chi connectivity index (χ1v) is 10.2. The van der Waals surface area contributed by atoms with Crippen molar-refractivity contribution in [2.24, 2.45) is 0 Å². The summed E-state index contributed by atoms with van der Waals surface area (Å²) in [4.78, 5) is 19.4. The molecule has 168 valence electrons. The van der Waals surface area contributed by atoms with Crippen molar-refractivity contribution < 1.29 is 9.18 Å². The quantitative estimate of drug-likeness (QED) is 0.436. The van der Waals surface area contributed by atoms with Gasteiger partial charge in [0.1, 0.15) is 11.0 Å². The van der Waals surface area contributed by atoms with Gasteiger partial charge in [-0.25, -0.2) is 9.37 Å². The Balaban J connectivity index is 0.00000245. The molecule has 0 spiro atoms. The Bertz CT molecular complexity index is 1290. The number of rotatable bonds is 3. The number of carbonyl (C=O) groups excluding carboxylic acids is 1. The van der Waals surface area contributed by atoms with Gasteiger partial charge in [-0.3, -0.25) is 4.79 Å². The molecule has 32 heavy (non-hydrogen) atoms. The second-order valence-electron chi connectivity index (χ2n) is 8.17. The van der Waals surface area contributed by atoms with Crippen LogP contribution in [0.3, 0.4) is 0 Å². The van der Waals surface area contributed by atoms with Gasteiger partial charge in [-0.05, 0) is 32.9 Å². The molecular formula is C21H24ClFN8O. The maximum atomic E-state index is 14.4. The number of fused-ring (bicyclic) bond motifs is 2. The van der Waals surface area contributed by atoms with Gasteiger partial charge in [0, 0.05) is 43.6 Å². The van der Waals surface area contributed by atoms with E-state index in [0.717, 1.165) is 18.8 Å². The van der Waals surface area contributed by atoms with E-state index < -0.39 is 5.82 Å². The molecule has 0 saturated carbocycles. The Morgan fingerprint density at radius 3 is 2.62 bits per heavy atom. The van der Waals surface area contributed by atoms with Crippen LogP contribution in [0.2, 0.25) is 0 Å². The molecule has 4 heterocycles. The fourth-order valence-electron chi connectivity index (χ4n) is 4.33. The van der Waals surface area contributed by atoms with Crippen LogP contribution in [0.15, 0.2) is 30.6 Å². The number of carbonyl (C=O) groups is 1.